The van der Waals surface area contributed by atoms with Crippen LogP contribution in [0.25, 0.3) is 0 Å². The van der Waals surface area contributed by atoms with Crippen LogP contribution in [-0.2, 0) is 0 Å². The van der Waals surface area contributed by atoms with E-state index in [0.717, 1.165) is 0 Å². The van der Waals surface area contributed by atoms with E-state index in [4.69, 9.17) is 10.2 Å². The molecule has 0 aromatic carbocycles. The molecular weight excluding hydrogens is 123 g/mol. The zero-order valence-electron chi connectivity index (χ0n) is 5.55. The molecule has 2 N–H and O–H groups in total. The van der Waals surface area contributed by atoms with E-state index < -0.39 is 12.8 Å². The third kappa shape index (κ3) is 4.36. The quantitative estimate of drug-likeness (QED) is 0.585. The summed E-state index contributed by atoms with van der Waals surface area (Å²) in [5.41, 5.74) is 0. The van der Waals surface area contributed by atoms with Gasteiger partial charge in [0.05, 0.1) is 6.10 Å². The average molecular weight is 136 g/mol. The smallest absolute Gasteiger partial charge is 0.115 e. The Bertz CT molecular complexity index is 60.1. The molecule has 0 saturated carbocycles. The number of hydrogen-bond acceptors (Lipinski definition) is 2. The number of halogens is 1. The van der Waals surface area contributed by atoms with Gasteiger partial charge in [-0.1, -0.05) is 6.92 Å². The van der Waals surface area contributed by atoms with E-state index >= 15 is 0 Å². The minimum Gasteiger partial charge on any atom is -0.396 e. The van der Waals surface area contributed by atoms with Gasteiger partial charge in [0, 0.05) is 6.61 Å². The fraction of sp³-hybridized carbons (Fsp3) is 1.00. The lowest BCUT2D eigenvalue weighted by atomic mass is 10.1. The molecule has 0 aliphatic carbocycles. The lowest BCUT2D eigenvalue weighted by Crippen LogP contribution is -2.15. The Kier molecular flexibility index (Phi) is 4.62. The van der Waals surface area contributed by atoms with Crippen LogP contribution in [0.3, 0.4) is 0 Å². The molecular formula is C6H13FO2. The van der Waals surface area contributed by atoms with Crippen molar-refractivity contribution < 1.29 is 14.6 Å². The van der Waals surface area contributed by atoms with Gasteiger partial charge in [-0.25, -0.2) is 4.39 Å². The van der Waals surface area contributed by atoms with Crippen LogP contribution in [0.4, 0.5) is 4.39 Å². The van der Waals surface area contributed by atoms with Crippen molar-refractivity contribution in [1.82, 2.24) is 0 Å². The van der Waals surface area contributed by atoms with Gasteiger partial charge in [0.2, 0.25) is 0 Å². The first kappa shape index (κ1) is 8.85. The first-order chi connectivity index (χ1) is 4.20. The standard InChI is InChI=1S/C6H13FO2/c1-5(4-8)2-6(9)3-7/h5-6,8-9H,2-4H2,1H3. The zero-order valence-corrected chi connectivity index (χ0v) is 5.55. The molecule has 0 fully saturated rings. The van der Waals surface area contributed by atoms with Gasteiger partial charge in [0.15, 0.2) is 0 Å². The largest absolute Gasteiger partial charge is 0.396 e. The van der Waals surface area contributed by atoms with Gasteiger partial charge in [0.1, 0.15) is 6.67 Å². The Balaban J connectivity index is 3.22. The van der Waals surface area contributed by atoms with Crippen molar-refractivity contribution in [3.8, 4) is 0 Å². The number of aliphatic hydroxyl groups is 2. The van der Waals surface area contributed by atoms with Crippen molar-refractivity contribution in [3.63, 3.8) is 0 Å². The Labute approximate surface area is 54.3 Å². The number of aliphatic hydroxyl groups excluding tert-OH is 2. The van der Waals surface area contributed by atoms with Crippen molar-refractivity contribution >= 4 is 0 Å². The van der Waals surface area contributed by atoms with Gasteiger partial charge in [-0.15, -0.1) is 0 Å². The number of alkyl halides is 1. The van der Waals surface area contributed by atoms with Crippen molar-refractivity contribution in [2.45, 2.75) is 19.4 Å². The van der Waals surface area contributed by atoms with Crippen LogP contribution >= 0.6 is 0 Å². The minimum atomic E-state index is -0.896. The van der Waals surface area contributed by atoms with E-state index in [1.54, 1.807) is 6.92 Å². The summed E-state index contributed by atoms with van der Waals surface area (Å²) in [6.07, 6.45) is -0.556. The Morgan fingerprint density at radius 2 is 2.11 bits per heavy atom. The second-order valence-corrected chi connectivity index (χ2v) is 2.33. The summed E-state index contributed by atoms with van der Waals surface area (Å²) in [5.74, 6) is -0.00394. The van der Waals surface area contributed by atoms with Gasteiger partial charge >= 0.3 is 0 Å². The number of rotatable bonds is 4. The molecule has 2 nitrogen and oxygen atoms in total. The highest BCUT2D eigenvalue weighted by atomic mass is 19.1. The van der Waals surface area contributed by atoms with Crippen molar-refractivity contribution in [2.24, 2.45) is 5.92 Å². The molecule has 0 bridgehead atoms. The fourth-order valence-corrected chi connectivity index (χ4v) is 0.602. The van der Waals surface area contributed by atoms with E-state index in [1.807, 2.05) is 0 Å². The molecule has 2 unspecified atom stereocenters. The molecule has 0 spiro atoms. The zero-order chi connectivity index (χ0) is 7.28. The topological polar surface area (TPSA) is 40.5 Å². The number of hydrogen-bond donors (Lipinski definition) is 2. The van der Waals surface area contributed by atoms with Crippen LogP contribution in [0.15, 0.2) is 0 Å². The SMILES string of the molecule is CC(CO)CC(O)CF. The highest BCUT2D eigenvalue weighted by Crippen LogP contribution is 2.04. The predicted octanol–water partition coefficient (Wildman–Crippen LogP) is 0.335. The van der Waals surface area contributed by atoms with Crippen LogP contribution < -0.4 is 0 Å². The summed E-state index contributed by atoms with van der Waals surface area (Å²) < 4.78 is 11.6. The average Bonchev–Trinajstić information content (AvgIpc) is 1.87. The second-order valence-electron chi connectivity index (χ2n) is 2.33. The molecule has 9 heavy (non-hydrogen) atoms. The van der Waals surface area contributed by atoms with Crippen LogP contribution in [0.1, 0.15) is 13.3 Å². The fourth-order valence-electron chi connectivity index (χ4n) is 0.602. The maximum atomic E-state index is 11.6. The molecule has 56 valence electrons. The molecule has 0 aromatic heterocycles. The molecule has 0 radical (unpaired) electrons. The van der Waals surface area contributed by atoms with E-state index in [1.165, 1.54) is 0 Å². The lowest BCUT2D eigenvalue weighted by Gasteiger charge is -2.09. The van der Waals surface area contributed by atoms with E-state index in [0.29, 0.717) is 6.42 Å². The molecule has 0 saturated heterocycles. The molecule has 0 heterocycles. The highest BCUT2D eigenvalue weighted by Gasteiger charge is 2.07. The third-order valence-corrected chi connectivity index (χ3v) is 1.16. The van der Waals surface area contributed by atoms with Gasteiger partial charge in [-0.05, 0) is 12.3 Å². The van der Waals surface area contributed by atoms with Crippen molar-refractivity contribution in [1.29, 1.82) is 0 Å². The highest BCUT2D eigenvalue weighted by molar-refractivity contribution is 4.58. The first-order valence-corrected chi connectivity index (χ1v) is 3.05. The first-order valence-electron chi connectivity index (χ1n) is 3.05. The summed E-state index contributed by atoms with van der Waals surface area (Å²) in [7, 11) is 0. The monoisotopic (exact) mass is 136 g/mol. The molecule has 0 aliphatic heterocycles. The summed E-state index contributed by atoms with van der Waals surface area (Å²) in [6, 6.07) is 0. The van der Waals surface area contributed by atoms with Gasteiger partial charge in [-0.2, -0.15) is 0 Å². The van der Waals surface area contributed by atoms with E-state index in [9.17, 15) is 4.39 Å². The second kappa shape index (κ2) is 4.70. The van der Waals surface area contributed by atoms with E-state index in [-0.39, 0.29) is 12.5 Å². The molecule has 3 heteroatoms. The summed E-state index contributed by atoms with van der Waals surface area (Å²) in [4.78, 5) is 0. The normalized spacial score (nSPS) is 17.3. The third-order valence-electron chi connectivity index (χ3n) is 1.16. The summed E-state index contributed by atoms with van der Waals surface area (Å²) >= 11 is 0. The maximum absolute atomic E-state index is 11.6. The Morgan fingerprint density at radius 3 is 2.44 bits per heavy atom. The molecule has 0 rings (SSSR count). The van der Waals surface area contributed by atoms with Crippen LogP contribution in [0, 0.1) is 5.92 Å². The molecule has 2 atom stereocenters. The van der Waals surface area contributed by atoms with Gasteiger partial charge < -0.3 is 10.2 Å². The Morgan fingerprint density at radius 1 is 1.56 bits per heavy atom. The van der Waals surface area contributed by atoms with Crippen LogP contribution in [-0.4, -0.2) is 29.6 Å². The Hall–Kier alpha value is -0.150. The van der Waals surface area contributed by atoms with Crippen LogP contribution in [0.5, 0.6) is 0 Å². The molecule has 0 aliphatic rings. The van der Waals surface area contributed by atoms with Crippen molar-refractivity contribution in [3.05, 3.63) is 0 Å². The predicted molar refractivity (Wildman–Crippen MR) is 32.8 cm³/mol. The molecule has 0 amide bonds. The minimum absolute atomic E-state index is 0.00394. The maximum Gasteiger partial charge on any atom is 0.115 e. The summed E-state index contributed by atoms with van der Waals surface area (Å²) in [6.45, 7) is 1.06. The van der Waals surface area contributed by atoms with Gasteiger partial charge in [-0.3, -0.25) is 0 Å². The van der Waals surface area contributed by atoms with Crippen molar-refractivity contribution in [2.75, 3.05) is 13.3 Å². The van der Waals surface area contributed by atoms with Crippen LogP contribution in [0.2, 0.25) is 0 Å². The van der Waals surface area contributed by atoms with Gasteiger partial charge in [0.25, 0.3) is 0 Å². The molecule has 0 aromatic rings. The lowest BCUT2D eigenvalue weighted by molar-refractivity contribution is 0.0984. The van der Waals surface area contributed by atoms with E-state index in [2.05, 4.69) is 0 Å². The summed E-state index contributed by atoms with van der Waals surface area (Å²) in [5, 5.41) is 17.1.